The zero-order valence-corrected chi connectivity index (χ0v) is 8.08. The molecule has 1 saturated carbocycles. The van der Waals surface area contributed by atoms with Gasteiger partial charge in [0, 0.05) is 11.1 Å². The summed E-state index contributed by atoms with van der Waals surface area (Å²) in [5.74, 6) is 0.726. The van der Waals surface area contributed by atoms with Crippen molar-refractivity contribution < 1.29 is 4.74 Å². The van der Waals surface area contributed by atoms with Crippen LogP contribution in [0.25, 0.3) is 11.0 Å². The van der Waals surface area contributed by atoms with Crippen molar-refractivity contribution in [2.24, 2.45) is 0 Å². The van der Waals surface area contributed by atoms with E-state index in [4.69, 9.17) is 16.3 Å². The first-order valence-corrected chi connectivity index (χ1v) is 4.87. The molecule has 72 valence electrons. The van der Waals surface area contributed by atoms with Gasteiger partial charge in [-0.05, 0) is 18.9 Å². The molecule has 1 fully saturated rings. The fourth-order valence-corrected chi connectivity index (χ4v) is 1.54. The molecule has 1 N–H and O–H groups in total. The maximum atomic E-state index is 5.92. The largest absolute Gasteiger partial charge is 0.488 e. The SMILES string of the molecule is Clc1cc(OC2CC2)c2n[nH]nc2c1. The first-order valence-electron chi connectivity index (χ1n) is 4.49. The fraction of sp³-hybridized carbons (Fsp3) is 0.333. The van der Waals surface area contributed by atoms with Crippen molar-refractivity contribution in [2.45, 2.75) is 18.9 Å². The Kier molecular flexibility index (Phi) is 1.64. The van der Waals surface area contributed by atoms with Crippen LogP contribution in [0.2, 0.25) is 5.02 Å². The molecule has 0 bridgehead atoms. The number of halogens is 1. The first kappa shape index (κ1) is 8.05. The van der Waals surface area contributed by atoms with Crippen LogP contribution >= 0.6 is 11.6 Å². The van der Waals surface area contributed by atoms with Crippen molar-refractivity contribution in [3.8, 4) is 5.75 Å². The van der Waals surface area contributed by atoms with Gasteiger partial charge in [-0.1, -0.05) is 11.6 Å². The minimum absolute atomic E-state index is 0.341. The van der Waals surface area contributed by atoms with Gasteiger partial charge in [0.05, 0.1) is 6.10 Å². The van der Waals surface area contributed by atoms with Gasteiger partial charge in [0.2, 0.25) is 0 Å². The molecule has 0 unspecified atom stereocenters. The Balaban J connectivity index is 2.13. The van der Waals surface area contributed by atoms with Crippen LogP contribution in [0, 0.1) is 0 Å². The van der Waals surface area contributed by atoms with Gasteiger partial charge in [-0.15, -0.1) is 0 Å². The van der Waals surface area contributed by atoms with E-state index in [9.17, 15) is 0 Å². The van der Waals surface area contributed by atoms with Gasteiger partial charge in [-0.25, -0.2) is 0 Å². The molecule has 14 heavy (non-hydrogen) atoms. The van der Waals surface area contributed by atoms with Crippen LogP contribution in [0.1, 0.15) is 12.8 Å². The molecule has 0 radical (unpaired) electrons. The third-order valence-corrected chi connectivity index (χ3v) is 2.39. The van der Waals surface area contributed by atoms with Gasteiger partial charge in [0.15, 0.2) is 11.3 Å². The number of nitrogens with zero attached hydrogens (tertiary/aromatic N) is 2. The molecule has 1 aromatic carbocycles. The Labute approximate surface area is 85.2 Å². The molecule has 1 aromatic heterocycles. The van der Waals surface area contributed by atoms with Crippen molar-refractivity contribution >= 4 is 22.6 Å². The van der Waals surface area contributed by atoms with Crippen molar-refractivity contribution in [1.29, 1.82) is 0 Å². The van der Waals surface area contributed by atoms with E-state index in [1.54, 1.807) is 12.1 Å². The molecule has 1 aliphatic rings. The van der Waals surface area contributed by atoms with Crippen LogP contribution in [-0.4, -0.2) is 21.5 Å². The number of hydrogen-bond acceptors (Lipinski definition) is 3. The number of fused-ring (bicyclic) bond motifs is 1. The molecule has 0 saturated heterocycles. The number of ether oxygens (including phenoxy) is 1. The molecule has 2 aromatic rings. The molecule has 0 aliphatic heterocycles. The number of rotatable bonds is 2. The lowest BCUT2D eigenvalue weighted by molar-refractivity contribution is 0.306. The van der Waals surface area contributed by atoms with E-state index < -0.39 is 0 Å². The van der Waals surface area contributed by atoms with Crippen molar-refractivity contribution in [3.63, 3.8) is 0 Å². The average Bonchev–Trinajstić information content (AvgIpc) is 2.81. The van der Waals surface area contributed by atoms with E-state index in [0.29, 0.717) is 11.1 Å². The Morgan fingerprint density at radius 1 is 1.36 bits per heavy atom. The third-order valence-electron chi connectivity index (χ3n) is 2.17. The van der Waals surface area contributed by atoms with Gasteiger partial charge in [-0.2, -0.15) is 15.4 Å². The molecule has 0 spiro atoms. The molecule has 1 heterocycles. The summed E-state index contributed by atoms with van der Waals surface area (Å²) in [5, 5.41) is 11.2. The van der Waals surface area contributed by atoms with Gasteiger partial charge >= 0.3 is 0 Å². The second-order valence-electron chi connectivity index (χ2n) is 3.41. The van der Waals surface area contributed by atoms with Crippen LogP contribution in [-0.2, 0) is 0 Å². The van der Waals surface area contributed by atoms with E-state index in [1.807, 2.05) is 0 Å². The van der Waals surface area contributed by atoms with E-state index in [2.05, 4.69) is 15.4 Å². The van der Waals surface area contributed by atoms with Gasteiger partial charge < -0.3 is 4.74 Å². The topological polar surface area (TPSA) is 50.8 Å². The van der Waals surface area contributed by atoms with Crippen molar-refractivity contribution in [3.05, 3.63) is 17.2 Å². The first-order chi connectivity index (χ1) is 6.83. The smallest absolute Gasteiger partial charge is 0.154 e. The predicted octanol–water partition coefficient (Wildman–Crippen LogP) is 2.15. The highest BCUT2D eigenvalue weighted by molar-refractivity contribution is 6.31. The minimum atomic E-state index is 0.341. The molecule has 5 heteroatoms. The third kappa shape index (κ3) is 1.32. The van der Waals surface area contributed by atoms with Gasteiger partial charge in [0.1, 0.15) is 5.52 Å². The lowest BCUT2D eigenvalue weighted by Crippen LogP contribution is -1.96. The van der Waals surface area contributed by atoms with E-state index in [0.717, 1.165) is 29.6 Å². The summed E-state index contributed by atoms with van der Waals surface area (Å²) in [7, 11) is 0. The number of aromatic amines is 1. The van der Waals surface area contributed by atoms with E-state index in [-0.39, 0.29) is 0 Å². The summed E-state index contributed by atoms with van der Waals surface area (Å²) in [6, 6.07) is 3.55. The summed E-state index contributed by atoms with van der Waals surface area (Å²) in [4.78, 5) is 0. The zero-order chi connectivity index (χ0) is 9.54. The van der Waals surface area contributed by atoms with E-state index >= 15 is 0 Å². The second-order valence-corrected chi connectivity index (χ2v) is 3.85. The van der Waals surface area contributed by atoms with Crippen LogP contribution < -0.4 is 4.74 Å². The summed E-state index contributed by atoms with van der Waals surface area (Å²) in [6.45, 7) is 0. The Bertz CT molecular complexity index is 478. The average molecular weight is 210 g/mol. The predicted molar refractivity (Wildman–Crippen MR) is 52.5 cm³/mol. The summed E-state index contributed by atoms with van der Waals surface area (Å²) < 4.78 is 5.67. The lowest BCUT2D eigenvalue weighted by atomic mass is 10.3. The monoisotopic (exact) mass is 209 g/mol. The molecule has 1 aliphatic carbocycles. The second kappa shape index (κ2) is 2.85. The van der Waals surface area contributed by atoms with Crippen molar-refractivity contribution in [2.75, 3.05) is 0 Å². The maximum Gasteiger partial charge on any atom is 0.154 e. The summed E-state index contributed by atoms with van der Waals surface area (Å²) in [6.07, 6.45) is 2.57. The van der Waals surface area contributed by atoms with Crippen LogP contribution in [0.3, 0.4) is 0 Å². The molecular weight excluding hydrogens is 202 g/mol. The number of benzene rings is 1. The number of nitrogens with one attached hydrogen (secondary N) is 1. The molecule has 0 atom stereocenters. The van der Waals surface area contributed by atoms with Crippen LogP contribution in [0.15, 0.2) is 12.1 Å². The summed E-state index contributed by atoms with van der Waals surface area (Å²) in [5.41, 5.74) is 1.49. The molecule has 4 nitrogen and oxygen atoms in total. The molecule has 0 amide bonds. The van der Waals surface area contributed by atoms with Crippen LogP contribution in [0.4, 0.5) is 0 Å². The standard InChI is InChI=1S/C9H8ClN3O/c10-5-3-7-9(12-13-11-7)8(4-5)14-6-1-2-6/h3-4,6H,1-2H2,(H,11,12,13). The van der Waals surface area contributed by atoms with Crippen molar-refractivity contribution in [1.82, 2.24) is 15.4 Å². The minimum Gasteiger partial charge on any atom is -0.488 e. The highest BCUT2D eigenvalue weighted by Gasteiger charge is 2.25. The summed E-state index contributed by atoms with van der Waals surface area (Å²) >= 11 is 5.92. The van der Waals surface area contributed by atoms with Crippen LogP contribution in [0.5, 0.6) is 5.75 Å². The highest BCUT2D eigenvalue weighted by atomic mass is 35.5. The number of hydrogen-bond donors (Lipinski definition) is 1. The maximum absolute atomic E-state index is 5.92. The quantitative estimate of drug-likeness (QED) is 0.825. The van der Waals surface area contributed by atoms with E-state index in [1.165, 1.54) is 0 Å². The van der Waals surface area contributed by atoms with Gasteiger partial charge in [0.25, 0.3) is 0 Å². The normalized spacial score (nSPS) is 16.1. The Morgan fingerprint density at radius 2 is 2.21 bits per heavy atom. The molecular formula is C9H8ClN3O. The number of aromatic nitrogens is 3. The zero-order valence-electron chi connectivity index (χ0n) is 7.33. The fourth-order valence-electron chi connectivity index (χ4n) is 1.34. The molecule has 3 rings (SSSR count). The number of H-pyrrole nitrogens is 1. The highest BCUT2D eigenvalue weighted by Crippen LogP contribution is 2.32. The Hall–Kier alpha value is -1.29. The lowest BCUT2D eigenvalue weighted by Gasteiger charge is -2.04. The Morgan fingerprint density at radius 3 is 3.00 bits per heavy atom. The van der Waals surface area contributed by atoms with Gasteiger partial charge in [-0.3, -0.25) is 0 Å².